The molecule has 0 spiro atoms. The lowest BCUT2D eigenvalue weighted by molar-refractivity contribution is 0.173. The zero-order valence-electron chi connectivity index (χ0n) is 10.4. The molecule has 6 heteroatoms. The number of hydrogen-bond acceptors (Lipinski definition) is 5. The molecule has 0 bridgehead atoms. The van der Waals surface area contributed by atoms with Gasteiger partial charge in [-0.1, -0.05) is 0 Å². The van der Waals surface area contributed by atoms with E-state index in [4.69, 9.17) is 9.47 Å². The molecule has 2 aromatic rings. The molecule has 100 valence electrons. The predicted octanol–water partition coefficient (Wildman–Crippen LogP) is 3.23. The van der Waals surface area contributed by atoms with Crippen molar-refractivity contribution >= 4 is 27.3 Å². The van der Waals surface area contributed by atoms with Gasteiger partial charge in [0.1, 0.15) is 5.01 Å². The standard InChI is InChI=1S/C13H13BrN2O2S/c1-8-6-19-12(16-8)5-15-4-9-2-10(14)13-11(3-9)17-7-18-13/h2-3,6,15H,4-5,7H2,1H3. The van der Waals surface area contributed by atoms with Crippen LogP contribution in [-0.2, 0) is 13.1 Å². The lowest BCUT2D eigenvalue weighted by Gasteiger charge is -2.06. The quantitative estimate of drug-likeness (QED) is 0.927. The Hall–Kier alpha value is -1.11. The Morgan fingerprint density at radius 1 is 1.37 bits per heavy atom. The fourth-order valence-corrected chi connectivity index (χ4v) is 3.27. The van der Waals surface area contributed by atoms with Crippen LogP contribution in [0.2, 0.25) is 0 Å². The Kier molecular flexibility index (Phi) is 3.72. The van der Waals surface area contributed by atoms with Crippen molar-refractivity contribution in [3.05, 3.63) is 38.3 Å². The maximum absolute atomic E-state index is 5.40. The second-order valence-electron chi connectivity index (χ2n) is 4.30. The van der Waals surface area contributed by atoms with Crippen LogP contribution in [0.1, 0.15) is 16.3 Å². The van der Waals surface area contributed by atoms with Crippen LogP contribution in [0.5, 0.6) is 11.5 Å². The predicted molar refractivity (Wildman–Crippen MR) is 77.7 cm³/mol. The number of halogens is 1. The second kappa shape index (κ2) is 5.48. The number of aryl methyl sites for hydroxylation is 1. The van der Waals surface area contributed by atoms with E-state index in [1.165, 1.54) is 0 Å². The number of ether oxygens (including phenoxy) is 2. The first-order valence-electron chi connectivity index (χ1n) is 5.92. The van der Waals surface area contributed by atoms with Gasteiger partial charge in [-0.2, -0.15) is 0 Å². The Bertz CT molecular complexity index is 600. The molecule has 1 N–H and O–H groups in total. The summed E-state index contributed by atoms with van der Waals surface area (Å²) in [7, 11) is 0. The molecule has 1 aliphatic rings. The van der Waals surface area contributed by atoms with E-state index in [9.17, 15) is 0 Å². The van der Waals surface area contributed by atoms with Gasteiger partial charge in [0.2, 0.25) is 6.79 Å². The van der Waals surface area contributed by atoms with E-state index in [2.05, 4.69) is 31.6 Å². The molecule has 3 rings (SSSR count). The minimum absolute atomic E-state index is 0.295. The summed E-state index contributed by atoms with van der Waals surface area (Å²) < 4.78 is 11.7. The van der Waals surface area contributed by atoms with E-state index >= 15 is 0 Å². The Labute approximate surface area is 123 Å². The smallest absolute Gasteiger partial charge is 0.231 e. The van der Waals surface area contributed by atoms with Gasteiger partial charge in [-0.05, 0) is 40.5 Å². The van der Waals surface area contributed by atoms with Crippen molar-refractivity contribution in [2.75, 3.05) is 6.79 Å². The first kappa shape index (κ1) is 12.9. The molecule has 0 radical (unpaired) electrons. The van der Waals surface area contributed by atoms with E-state index in [1.54, 1.807) is 11.3 Å². The first-order chi connectivity index (χ1) is 9.22. The fraction of sp³-hybridized carbons (Fsp3) is 0.308. The second-order valence-corrected chi connectivity index (χ2v) is 6.09. The minimum atomic E-state index is 0.295. The van der Waals surface area contributed by atoms with Crippen molar-refractivity contribution in [3.63, 3.8) is 0 Å². The van der Waals surface area contributed by atoms with Crippen LogP contribution in [0, 0.1) is 6.92 Å². The van der Waals surface area contributed by atoms with E-state index in [1.807, 2.05) is 19.1 Å². The molecule has 0 saturated heterocycles. The number of hydrogen-bond donors (Lipinski definition) is 1. The molecular weight excluding hydrogens is 328 g/mol. The summed E-state index contributed by atoms with van der Waals surface area (Å²) in [6, 6.07) is 4.06. The lowest BCUT2D eigenvalue weighted by atomic mass is 10.2. The molecule has 0 amide bonds. The van der Waals surface area contributed by atoms with Crippen molar-refractivity contribution in [3.8, 4) is 11.5 Å². The summed E-state index contributed by atoms with van der Waals surface area (Å²) in [6.07, 6.45) is 0. The van der Waals surface area contributed by atoms with Crippen LogP contribution in [0.25, 0.3) is 0 Å². The van der Waals surface area contributed by atoms with Crippen molar-refractivity contribution in [2.45, 2.75) is 20.0 Å². The fourth-order valence-electron chi connectivity index (χ4n) is 1.92. The normalized spacial score (nSPS) is 12.9. The SMILES string of the molecule is Cc1csc(CNCc2cc(Br)c3c(c2)OCO3)n1. The zero-order chi connectivity index (χ0) is 13.2. The highest BCUT2D eigenvalue weighted by molar-refractivity contribution is 9.10. The van der Waals surface area contributed by atoms with Crippen molar-refractivity contribution in [1.29, 1.82) is 0 Å². The molecule has 0 unspecified atom stereocenters. The molecule has 0 atom stereocenters. The maximum atomic E-state index is 5.40. The Morgan fingerprint density at radius 2 is 2.26 bits per heavy atom. The molecular formula is C13H13BrN2O2S. The number of nitrogens with one attached hydrogen (secondary N) is 1. The molecule has 1 aliphatic heterocycles. The monoisotopic (exact) mass is 340 g/mol. The van der Waals surface area contributed by atoms with Crippen molar-refractivity contribution in [1.82, 2.24) is 10.3 Å². The third-order valence-electron chi connectivity index (χ3n) is 2.76. The van der Waals surface area contributed by atoms with E-state index in [-0.39, 0.29) is 0 Å². The van der Waals surface area contributed by atoms with Crippen molar-refractivity contribution in [2.24, 2.45) is 0 Å². The number of benzene rings is 1. The zero-order valence-corrected chi connectivity index (χ0v) is 12.8. The summed E-state index contributed by atoms with van der Waals surface area (Å²) in [5.41, 5.74) is 2.23. The highest BCUT2D eigenvalue weighted by Gasteiger charge is 2.17. The molecule has 1 aromatic carbocycles. The van der Waals surface area contributed by atoms with Gasteiger partial charge in [0, 0.05) is 24.2 Å². The number of fused-ring (bicyclic) bond motifs is 1. The topological polar surface area (TPSA) is 43.4 Å². The Morgan fingerprint density at radius 3 is 3.05 bits per heavy atom. The van der Waals surface area contributed by atoms with Gasteiger partial charge >= 0.3 is 0 Å². The largest absolute Gasteiger partial charge is 0.454 e. The lowest BCUT2D eigenvalue weighted by Crippen LogP contribution is -2.12. The summed E-state index contributed by atoms with van der Waals surface area (Å²) >= 11 is 5.18. The molecule has 0 fully saturated rings. The van der Waals surface area contributed by atoms with Gasteiger partial charge < -0.3 is 14.8 Å². The van der Waals surface area contributed by atoms with Crippen molar-refractivity contribution < 1.29 is 9.47 Å². The number of thiazole rings is 1. The molecule has 0 saturated carbocycles. The van der Waals surface area contributed by atoms with Gasteiger partial charge in [0.15, 0.2) is 11.5 Å². The third-order valence-corrected chi connectivity index (χ3v) is 4.31. The summed E-state index contributed by atoms with van der Waals surface area (Å²) in [5, 5.41) is 6.55. The molecule has 4 nitrogen and oxygen atoms in total. The third kappa shape index (κ3) is 2.91. The molecule has 0 aliphatic carbocycles. The van der Waals surface area contributed by atoms with Crippen LogP contribution >= 0.6 is 27.3 Å². The van der Waals surface area contributed by atoms with Gasteiger partial charge in [0.25, 0.3) is 0 Å². The summed E-state index contributed by atoms with van der Waals surface area (Å²) in [4.78, 5) is 4.42. The van der Waals surface area contributed by atoms with Crippen LogP contribution in [0.3, 0.4) is 0 Å². The average Bonchev–Trinajstić information content (AvgIpc) is 2.98. The number of aromatic nitrogens is 1. The minimum Gasteiger partial charge on any atom is -0.454 e. The summed E-state index contributed by atoms with van der Waals surface area (Å²) in [6.45, 7) is 3.86. The van der Waals surface area contributed by atoms with E-state index in [0.717, 1.165) is 45.3 Å². The summed E-state index contributed by atoms with van der Waals surface area (Å²) in [5.74, 6) is 1.59. The van der Waals surface area contributed by atoms with Gasteiger partial charge in [-0.15, -0.1) is 11.3 Å². The molecule has 1 aromatic heterocycles. The van der Waals surface area contributed by atoms with Gasteiger partial charge in [-0.25, -0.2) is 4.98 Å². The molecule has 19 heavy (non-hydrogen) atoms. The van der Waals surface area contributed by atoms with Crippen LogP contribution < -0.4 is 14.8 Å². The highest BCUT2D eigenvalue weighted by Crippen LogP contribution is 2.39. The van der Waals surface area contributed by atoms with Crippen LogP contribution in [0.15, 0.2) is 22.0 Å². The van der Waals surface area contributed by atoms with Crippen LogP contribution in [-0.4, -0.2) is 11.8 Å². The average molecular weight is 341 g/mol. The van der Waals surface area contributed by atoms with Gasteiger partial charge in [-0.3, -0.25) is 0 Å². The highest BCUT2D eigenvalue weighted by atomic mass is 79.9. The number of rotatable bonds is 4. The first-order valence-corrected chi connectivity index (χ1v) is 7.59. The Balaban J connectivity index is 1.63. The van der Waals surface area contributed by atoms with Gasteiger partial charge in [0.05, 0.1) is 4.47 Å². The van der Waals surface area contributed by atoms with Crippen LogP contribution in [0.4, 0.5) is 0 Å². The number of nitrogens with zero attached hydrogens (tertiary/aromatic N) is 1. The molecule has 2 heterocycles. The van der Waals surface area contributed by atoms with E-state index in [0.29, 0.717) is 6.79 Å². The van der Waals surface area contributed by atoms with E-state index < -0.39 is 0 Å². The maximum Gasteiger partial charge on any atom is 0.231 e.